The molecular formula is C58H48ClN7O7S2. The lowest BCUT2D eigenvalue weighted by Gasteiger charge is -2.49. The Morgan fingerprint density at radius 2 is 1.41 bits per heavy atom. The van der Waals surface area contributed by atoms with E-state index in [1.807, 2.05) is 127 Å². The van der Waals surface area contributed by atoms with Crippen LogP contribution in [0.5, 0.6) is 0 Å². The molecule has 0 saturated carbocycles. The van der Waals surface area contributed by atoms with Crippen LogP contribution in [0.25, 0.3) is 10.9 Å². The second-order valence-corrected chi connectivity index (χ2v) is 19.8. The number of fused-ring (bicyclic) bond motifs is 2. The number of anilines is 2. The molecule has 8 aromatic rings. The van der Waals surface area contributed by atoms with Crippen LogP contribution in [-0.4, -0.2) is 81.3 Å². The van der Waals surface area contributed by atoms with Gasteiger partial charge in [-0.2, -0.15) is 0 Å². The molecule has 1 saturated heterocycles. The summed E-state index contributed by atoms with van der Waals surface area (Å²) < 4.78 is 11.6. The van der Waals surface area contributed by atoms with Gasteiger partial charge in [0.05, 0.1) is 12.1 Å². The van der Waals surface area contributed by atoms with Gasteiger partial charge in [0.25, 0.3) is 11.8 Å². The van der Waals surface area contributed by atoms with Crippen LogP contribution in [0.3, 0.4) is 0 Å². The van der Waals surface area contributed by atoms with Crippen LogP contribution in [0.4, 0.5) is 10.8 Å². The monoisotopic (exact) mass is 1050 g/mol. The van der Waals surface area contributed by atoms with Crippen LogP contribution in [0, 0.1) is 0 Å². The Bertz CT molecular complexity index is 3270. The number of rotatable bonds is 19. The summed E-state index contributed by atoms with van der Waals surface area (Å²) in [5.74, 6) is -2.45. The average molecular weight is 1050 g/mol. The van der Waals surface area contributed by atoms with Gasteiger partial charge in [0, 0.05) is 45.9 Å². The van der Waals surface area contributed by atoms with Gasteiger partial charge in [0.15, 0.2) is 16.9 Å². The Morgan fingerprint density at radius 3 is 2.01 bits per heavy atom. The average Bonchev–Trinajstić information content (AvgIpc) is 3.92. The van der Waals surface area contributed by atoms with Crippen molar-refractivity contribution in [1.29, 1.82) is 0 Å². The summed E-state index contributed by atoms with van der Waals surface area (Å²) in [6.07, 6.45) is 0.857. The number of amides is 2. The van der Waals surface area contributed by atoms with E-state index in [2.05, 4.69) is 62.5 Å². The molecule has 2 aliphatic heterocycles. The standard InChI is InChI=1S/C58H48ClN7O7S2/c1-37(67)71-34-40-35-74-55-50(54(69)66(55)51(40)56(70)73-52(38-17-7-2-8-18-38)39-19-9-3-10-20-39)63-53(68)49(65-72-32-31-61-46-29-30-60-47-33-44(59)27-28-45(46)47)48-36-75-57(62-48)64-58(41-21-11-4-12-22-41,42-23-13-5-14-24-42)43-25-15-6-16-26-43/h2-30,33,36,50,52,55H,31-32,34-35H2,1H3,(H,60,61)(H,62,64)(H,63,68)/b65-49-/t50-,55-/m1/s1. The number of nitrogens with zero attached hydrogens (tertiary/aromatic N) is 4. The zero-order valence-corrected chi connectivity index (χ0v) is 42.7. The predicted molar refractivity (Wildman–Crippen MR) is 292 cm³/mol. The highest BCUT2D eigenvalue weighted by atomic mass is 35.5. The molecular weight excluding hydrogens is 1010 g/mol. The minimum Gasteiger partial charge on any atom is -0.461 e. The third-order valence-electron chi connectivity index (χ3n) is 12.7. The lowest BCUT2D eigenvalue weighted by Crippen LogP contribution is -2.71. The molecule has 0 aliphatic carbocycles. The molecule has 2 aliphatic rings. The molecule has 0 bridgehead atoms. The molecule has 0 radical (unpaired) electrons. The molecule has 1 fully saturated rings. The number of oxime groups is 1. The molecule has 17 heteroatoms. The first-order valence-corrected chi connectivity index (χ1v) is 26.3. The van der Waals surface area contributed by atoms with Gasteiger partial charge in [0.1, 0.15) is 41.6 Å². The summed E-state index contributed by atoms with van der Waals surface area (Å²) in [6.45, 7) is 1.36. The number of aromatic nitrogens is 2. The van der Waals surface area contributed by atoms with E-state index >= 15 is 0 Å². The quantitative estimate of drug-likeness (QED) is 0.0175. The number of pyridine rings is 1. The number of benzene rings is 6. The minimum atomic E-state index is -1.10. The van der Waals surface area contributed by atoms with Gasteiger partial charge in [-0.25, -0.2) is 9.78 Å². The molecule has 0 unspecified atom stereocenters. The van der Waals surface area contributed by atoms with Crippen molar-refractivity contribution in [3.05, 3.63) is 237 Å². The molecule has 10 rings (SSSR count). The van der Waals surface area contributed by atoms with E-state index in [-0.39, 0.29) is 36.1 Å². The van der Waals surface area contributed by atoms with Gasteiger partial charge in [-0.05, 0) is 52.1 Å². The first kappa shape index (κ1) is 50.2. The van der Waals surface area contributed by atoms with Gasteiger partial charge >= 0.3 is 11.9 Å². The molecule has 2 amide bonds. The van der Waals surface area contributed by atoms with Crippen molar-refractivity contribution in [2.24, 2.45) is 5.16 Å². The summed E-state index contributed by atoms with van der Waals surface area (Å²) in [7, 11) is 0. The summed E-state index contributed by atoms with van der Waals surface area (Å²) in [6, 6.07) is 54.9. The number of esters is 2. The number of β-lactam (4-membered cyclic amide) rings is 1. The van der Waals surface area contributed by atoms with E-state index < -0.39 is 46.8 Å². The molecule has 2 atom stereocenters. The van der Waals surface area contributed by atoms with Crippen LogP contribution in [-0.2, 0) is 39.0 Å². The predicted octanol–water partition coefficient (Wildman–Crippen LogP) is 10.1. The maximum Gasteiger partial charge on any atom is 0.356 e. The highest BCUT2D eigenvalue weighted by Crippen LogP contribution is 2.43. The Hall–Kier alpha value is -8.31. The zero-order chi connectivity index (χ0) is 51.7. The Balaban J connectivity index is 0.942. The van der Waals surface area contributed by atoms with E-state index in [0.29, 0.717) is 33.4 Å². The van der Waals surface area contributed by atoms with Crippen molar-refractivity contribution in [3.63, 3.8) is 0 Å². The molecule has 6 aromatic carbocycles. The topological polar surface area (TPSA) is 173 Å². The van der Waals surface area contributed by atoms with Gasteiger partial charge in [-0.15, -0.1) is 23.1 Å². The molecule has 3 N–H and O–H groups in total. The van der Waals surface area contributed by atoms with Crippen molar-refractivity contribution in [1.82, 2.24) is 20.2 Å². The maximum absolute atomic E-state index is 14.7. The first-order chi connectivity index (χ1) is 36.7. The fourth-order valence-corrected chi connectivity index (χ4v) is 11.4. The number of carbonyl (C=O) groups is 4. The molecule has 14 nitrogen and oxygen atoms in total. The van der Waals surface area contributed by atoms with E-state index in [9.17, 15) is 19.2 Å². The fourth-order valence-electron chi connectivity index (χ4n) is 9.13. The minimum absolute atomic E-state index is 0.0332. The Labute approximate surface area is 445 Å². The Morgan fingerprint density at radius 1 is 0.813 bits per heavy atom. The third-order valence-corrected chi connectivity index (χ3v) is 15.0. The van der Waals surface area contributed by atoms with Crippen molar-refractivity contribution >= 4 is 85.9 Å². The van der Waals surface area contributed by atoms with Crippen LogP contribution in [0.15, 0.2) is 204 Å². The van der Waals surface area contributed by atoms with E-state index in [1.54, 1.807) is 23.7 Å². The summed E-state index contributed by atoms with van der Waals surface area (Å²) in [4.78, 5) is 72.4. The molecule has 0 spiro atoms. The largest absolute Gasteiger partial charge is 0.461 e. The number of ether oxygens (including phenoxy) is 2. The van der Waals surface area contributed by atoms with E-state index in [1.165, 1.54) is 34.9 Å². The maximum atomic E-state index is 14.7. The summed E-state index contributed by atoms with van der Waals surface area (Å²) in [5, 5.41) is 17.3. The van der Waals surface area contributed by atoms with Crippen LogP contribution >= 0.6 is 34.7 Å². The number of halogens is 1. The van der Waals surface area contributed by atoms with E-state index in [0.717, 1.165) is 33.3 Å². The summed E-state index contributed by atoms with van der Waals surface area (Å²) >= 11 is 8.83. The first-order valence-electron chi connectivity index (χ1n) is 24.0. The second kappa shape index (κ2) is 22.8. The van der Waals surface area contributed by atoms with Gasteiger partial charge in [-0.1, -0.05) is 168 Å². The fraction of sp³-hybridized carbons (Fsp3) is 0.155. The van der Waals surface area contributed by atoms with Crippen molar-refractivity contribution in [2.75, 3.05) is 36.1 Å². The number of thioether (sulfide) groups is 1. The van der Waals surface area contributed by atoms with Gasteiger partial charge in [0.2, 0.25) is 0 Å². The smallest absolute Gasteiger partial charge is 0.356 e. The van der Waals surface area contributed by atoms with Gasteiger partial charge in [-0.3, -0.25) is 24.3 Å². The SMILES string of the molecule is CC(=O)OCC1=C(C(=O)OC(c2ccccc2)c2ccccc2)N2C(=O)[C@@H](NC(=O)/C(=N\OCCNc3ccnc4cc(Cl)ccc34)c3csc(NC(c4ccccc4)(c4ccccc4)c4ccccc4)n3)[C@H]2SC1. The lowest BCUT2D eigenvalue weighted by atomic mass is 9.77. The van der Waals surface area contributed by atoms with E-state index in [4.69, 9.17) is 30.9 Å². The lowest BCUT2D eigenvalue weighted by molar-refractivity contribution is -0.154. The number of nitrogens with one attached hydrogen (secondary N) is 3. The third kappa shape index (κ3) is 10.9. The van der Waals surface area contributed by atoms with Crippen LogP contribution < -0.4 is 16.0 Å². The molecule has 2 aromatic heterocycles. The van der Waals surface area contributed by atoms with Crippen LogP contribution in [0.2, 0.25) is 5.02 Å². The van der Waals surface area contributed by atoms with Crippen molar-refractivity contribution < 1.29 is 33.5 Å². The number of carbonyl (C=O) groups excluding carboxylic acids is 4. The Kier molecular flexibility index (Phi) is 15.3. The second-order valence-electron chi connectivity index (χ2n) is 17.4. The normalized spacial score (nSPS) is 15.4. The number of thiazole rings is 1. The van der Waals surface area contributed by atoms with Crippen molar-refractivity contribution in [3.8, 4) is 0 Å². The number of hydrogen-bond acceptors (Lipinski definition) is 14. The van der Waals surface area contributed by atoms with Gasteiger partial charge < -0.3 is 30.3 Å². The molecule has 376 valence electrons. The molecule has 75 heavy (non-hydrogen) atoms. The van der Waals surface area contributed by atoms with Crippen LogP contribution in [0.1, 0.15) is 46.5 Å². The number of hydrogen-bond donors (Lipinski definition) is 3. The summed E-state index contributed by atoms with van der Waals surface area (Å²) in [5.41, 5.74) is 5.24. The highest BCUT2D eigenvalue weighted by molar-refractivity contribution is 8.00. The zero-order valence-electron chi connectivity index (χ0n) is 40.3. The van der Waals surface area contributed by atoms with Crippen molar-refractivity contribution in [2.45, 2.75) is 30.0 Å². The molecule has 4 heterocycles. The highest BCUT2D eigenvalue weighted by Gasteiger charge is 2.55.